The fraction of sp³-hybridized carbons (Fsp3) is 0.800. The fourth-order valence-corrected chi connectivity index (χ4v) is 6.18. The molecule has 0 spiro atoms. The molecule has 2 aliphatic heterocycles. The van der Waals surface area contributed by atoms with Crippen molar-refractivity contribution in [1.29, 1.82) is 0 Å². The van der Waals surface area contributed by atoms with Crippen molar-refractivity contribution >= 4 is 47.4 Å². The van der Waals surface area contributed by atoms with E-state index in [1.807, 2.05) is 0 Å². The largest absolute Gasteiger partial charge is 0.481 e. The quantitative estimate of drug-likeness (QED) is 0.212. The molecule has 12 heteroatoms. The van der Waals surface area contributed by atoms with Gasteiger partial charge >= 0.3 is 23.9 Å². The highest BCUT2D eigenvalue weighted by molar-refractivity contribution is 8.02. The SMILES string of the molecule is O=C(O)CC1(O)CC(=O)OC(CCSCCSCCC2CC(O)(CC(=O)O)CC(=O)O2)C1. The zero-order valence-corrected chi connectivity index (χ0v) is 19.3. The molecule has 182 valence electrons. The van der Waals surface area contributed by atoms with Crippen LogP contribution in [0.1, 0.15) is 51.4 Å². The van der Waals surface area contributed by atoms with Gasteiger partial charge in [-0.15, -0.1) is 0 Å². The maximum atomic E-state index is 11.7. The number of carbonyl (C=O) groups excluding carboxylic acids is 2. The van der Waals surface area contributed by atoms with Crippen molar-refractivity contribution in [2.45, 2.75) is 74.8 Å². The van der Waals surface area contributed by atoms with E-state index >= 15 is 0 Å². The minimum Gasteiger partial charge on any atom is -0.481 e. The number of carboxylic acid groups (broad SMARTS) is 2. The minimum absolute atomic E-state index is 0.120. The molecule has 4 atom stereocenters. The van der Waals surface area contributed by atoms with Crippen LogP contribution in [0.5, 0.6) is 0 Å². The van der Waals surface area contributed by atoms with E-state index in [1.54, 1.807) is 23.5 Å². The van der Waals surface area contributed by atoms with Crippen LogP contribution in [-0.4, -0.2) is 90.7 Å². The van der Waals surface area contributed by atoms with Crippen LogP contribution in [0.2, 0.25) is 0 Å². The van der Waals surface area contributed by atoms with Crippen molar-refractivity contribution in [2.75, 3.05) is 23.0 Å². The Labute approximate surface area is 194 Å². The highest BCUT2D eigenvalue weighted by Gasteiger charge is 2.42. The van der Waals surface area contributed by atoms with Gasteiger partial charge in [0.1, 0.15) is 12.2 Å². The fourth-order valence-electron chi connectivity index (χ4n) is 3.97. The standard InChI is InChI=1S/C20H30O10S2/c21-15(22)9-19(27)7-13(29-17(25)11-19)1-3-31-5-6-32-4-2-14-8-20(28,10-16(23)24)12-18(26)30-14/h13-14,27-28H,1-12H2,(H,21,22)(H,23,24). The Bertz CT molecular complexity index is 636. The maximum Gasteiger partial charge on any atom is 0.309 e. The van der Waals surface area contributed by atoms with Gasteiger partial charge in [-0.3, -0.25) is 19.2 Å². The molecule has 0 aromatic carbocycles. The number of thioether (sulfide) groups is 2. The first-order chi connectivity index (χ1) is 15.0. The van der Waals surface area contributed by atoms with E-state index in [0.717, 1.165) is 11.5 Å². The molecule has 4 N–H and O–H groups in total. The molecule has 2 fully saturated rings. The second-order valence-electron chi connectivity index (χ2n) is 8.38. The van der Waals surface area contributed by atoms with Crippen LogP contribution in [0.4, 0.5) is 0 Å². The summed E-state index contributed by atoms with van der Waals surface area (Å²) in [4.78, 5) is 45.1. The summed E-state index contributed by atoms with van der Waals surface area (Å²) in [6.07, 6.45) is -1.25. The number of hydrogen-bond acceptors (Lipinski definition) is 10. The van der Waals surface area contributed by atoms with Gasteiger partial charge in [0, 0.05) is 24.3 Å². The lowest BCUT2D eigenvalue weighted by molar-refractivity contribution is -0.175. The molecule has 0 saturated carbocycles. The Hall–Kier alpha value is -1.50. The van der Waals surface area contributed by atoms with Crippen LogP contribution in [-0.2, 0) is 28.7 Å². The van der Waals surface area contributed by atoms with E-state index in [1.165, 1.54) is 0 Å². The number of esters is 2. The lowest BCUT2D eigenvalue weighted by Crippen LogP contribution is -2.44. The highest BCUT2D eigenvalue weighted by Crippen LogP contribution is 2.32. The average Bonchev–Trinajstić information content (AvgIpc) is 2.60. The Balaban J connectivity index is 1.58. The summed E-state index contributed by atoms with van der Waals surface area (Å²) in [6, 6.07) is 0. The van der Waals surface area contributed by atoms with Crippen LogP contribution in [0.3, 0.4) is 0 Å². The van der Waals surface area contributed by atoms with Crippen molar-refractivity contribution in [1.82, 2.24) is 0 Å². The monoisotopic (exact) mass is 494 g/mol. The number of ether oxygens (including phenoxy) is 2. The first kappa shape index (κ1) is 26.7. The van der Waals surface area contributed by atoms with Crippen molar-refractivity contribution in [3.05, 3.63) is 0 Å². The van der Waals surface area contributed by atoms with E-state index < -0.39 is 60.1 Å². The Morgan fingerprint density at radius 1 is 0.781 bits per heavy atom. The van der Waals surface area contributed by atoms with Gasteiger partial charge in [0.15, 0.2) is 0 Å². The van der Waals surface area contributed by atoms with Crippen LogP contribution in [0.25, 0.3) is 0 Å². The van der Waals surface area contributed by atoms with E-state index in [0.29, 0.717) is 24.3 Å². The molecule has 10 nitrogen and oxygen atoms in total. The van der Waals surface area contributed by atoms with Gasteiger partial charge in [0.2, 0.25) is 0 Å². The molecule has 2 heterocycles. The van der Waals surface area contributed by atoms with Crippen molar-refractivity contribution in [3.8, 4) is 0 Å². The minimum atomic E-state index is -1.55. The normalized spacial score (nSPS) is 30.4. The molecule has 2 saturated heterocycles. The van der Waals surface area contributed by atoms with Gasteiger partial charge in [-0.2, -0.15) is 23.5 Å². The first-order valence-electron chi connectivity index (χ1n) is 10.4. The van der Waals surface area contributed by atoms with Gasteiger partial charge < -0.3 is 29.9 Å². The maximum absolute atomic E-state index is 11.7. The summed E-state index contributed by atoms with van der Waals surface area (Å²) in [7, 11) is 0. The molecule has 2 aliphatic rings. The second kappa shape index (κ2) is 12.1. The van der Waals surface area contributed by atoms with Crippen molar-refractivity contribution in [3.63, 3.8) is 0 Å². The number of carboxylic acids is 2. The van der Waals surface area contributed by atoms with Gasteiger partial charge in [-0.25, -0.2) is 0 Å². The third-order valence-corrected chi connectivity index (χ3v) is 7.55. The van der Waals surface area contributed by atoms with Crippen LogP contribution >= 0.6 is 23.5 Å². The highest BCUT2D eigenvalue weighted by atomic mass is 32.2. The first-order valence-corrected chi connectivity index (χ1v) is 12.7. The number of hydrogen-bond donors (Lipinski definition) is 4. The van der Waals surface area contributed by atoms with E-state index in [-0.39, 0.29) is 25.7 Å². The lowest BCUT2D eigenvalue weighted by atomic mass is 9.86. The summed E-state index contributed by atoms with van der Waals surface area (Å²) < 4.78 is 10.4. The van der Waals surface area contributed by atoms with Crippen molar-refractivity contribution in [2.24, 2.45) is 0 Å². The van der Waals surface area contributed by atoms with Gasteiger partial charge in [-0.1, -0.05) is 0 Å². The number of carbonyl (C=O) groups is 4. The molecule has 32 heavy (non-hydrogen) atoms. The lowest BCUT2D eigenvalue weighted by Gasteiger charge is -2.35. The molecule has 0 aromatic rings. The Morgan fingerprint density at radius 2 is 1.16 bits per heavy atom. The number of aliphatic carboxylic acids is 2. The van der Waals surface area contributed by atoms with E-state index in [4.69, 9.17) is 19.7 Å². The van der Waals surface area contributed by atoms with E-state index in [9.17, 15) is 29.4 Å². The molecule has 2 rings (SSSR count). The van der Waals surface area contributed by atoms with Gasteiger partial charge in [0.05, 0.1) is 36.9 Å². The Morgan fingerprint density at radius 3 is 1.50 bits per heavy atom. The van der Waals surface area contributed by atoms with Crippen LogP contribution in [0, 0.1) is 0 Å². The molecule has 4 unspecified atom stereocenters. The summed E-state index contributed by atoms with van der Waals surface area (Å²) in [5.41, 5.74) is -3.10. The third-order valence-electron chi connectivity index (χ3n) is 5.26. The smallest absolute Gasteiger partial charge is 0.309 e. The predicted octanol–water partition coefficient (Wildman–Crippen LogP) is 1.06. The third kappa shape index (κ3) is 9.55. The summed E-state index contributed by atoms with van der Waals surface area (Å²) in [6.45, 7) is 0. The van der Waals surface area contributed by atoms with Crippen LogP contribution in [0.15, 0.2) is 0 Å². The van der Waals surface area contributed by atoms with E-state index in [2.05, 4.69) is 0 Å². The molecule has 0 amide bonds. The average molecular weight is 495 g/mol. The molecule has 0 aromatic heterocycles. The van der Waals surface area contributed by atoms with Gasteiger partial charge in [0.25, 0.3) is 0 Å². The van der Waals surface area contributed by atoms with Gasteiger partial charge in [-0.05, 0) is 24.3 Å². The predicted molar refractivity (Wildman–Crippen MR) is 117 cm³/mol. The molecular weight excluding hydrogens is 464 g/mol. The molecule has 0 radical (unpaired) electrons. The number of aliphatic hydroxyl groups is 2. The number of cyclic esters (lactones) is 2. The molecular formula is C20H30O10S2. The summed E-state index contributed by atoms with van der Waals surface area (Å²) >= 11 is 3.31. The van der Waals surface area contributed by atoms with Crippen LogP contribution < -0.4 is 0 Å². The molecule has 0 bridgehead atoms. The van der Waals surface area contributed by atoms with Crippen molar-refractivity contribution < 1.29 is 49.1 Å². The summed E-state index contributed by atoms with van der Waals surface area (Å²) in [5.74, 6) is -0.401. The molecule has 0 aliphatic carbocycles. The summed E-state index contributed by atoms with van der Waals surface area (Å²) in [5, 5.41) is 38.4. The number of rotatable bonds is 13. The zero-order valence-electron chi connectivity index (χ0n) is 17.7. The topological polar surface area (TPSA) is 168 Å². The zero-order chi connectivity index (χ0) is 23.8. The Kier molecular flexibility index (Phi) is 10.1. The second-order valence-corrected chi connectivity index (χ2v) is 10.8.